The minimum Gasteiger partial charge on any atom is -0.467 e. The Hall–Kier alpha value is -3.69. The summed E-state index contributed by atoms with van der Waals surface area (Å²) in [5, 5.41) is 21.1. The van der Waals surface area contributed by atoms with Gasteiger partial charge in [-0.05, 0) is 34.7 Å². The highest BCUT2D eigenvalue weighted by Gasteiger charge is 2.36. The third kappa shape index (κ3) is 1.67. The molecule has 0 aromatic carbocycles. The predicted molar refractivity (Wildman–Crippen MR) is 79.6 cm³/mol. The van der Waals surface area contributed by atoms with Crippen molar-refractivity contribution in [3.8, 4) is 11.5 Å². The number of furan rings is 2. The van der Waals surface area contributed by atoms with Crippen molar-refractivity contribution in [2.45, 2.75) is 6.04 Å². The molecule has 0 bridgehead atoms. The van der Waals surface area contributed by atoms with E-state index in [1.54, 1.807) is 30.5 Å². The van der Waals surface area contributed by atoms with E-state index in [1.807, 2.05) is 0 Å². The van der Waals surface area contributed by atoms with Crippen LogP contribution in [-0.2, 0) is 0 Å². The fraction of sp³-hybridized carbons (Fsp3) is 0.0714. The predicted octanol–water partition coefficient (Wildman–Crippen LogP) is 1.30. The molecular weight excluding hydrogens is 314 g/mol. The first kappa shape index (κ1) is 12.8. The highest BCUT2D eigenvalue weighted by Crippen LogP contribution is 2.40. The number of aromatic nitrogens is 6. The van der Waals surface area contributed by atoms with Crippen LogP contribution in [0.15, 0.2) is 50.4 Å². The number of H-pyrrole nitrogens is 1. The number of nitrogens with one attached hydrogen (secondary N) is 2. The van der Waals surface area contributed by atoms with Crippen molar-refractivity contribution < 1.29 is 8.83 Å². The Morgan fingerprint density at radius 3 is 2.83 bits per heavy atom. The lowest BCUT2D eigenvalue weighted by Gasteiger charge is -2.25. The van der Waals surface area contributed by atoms with Gasteiger partial charge < -0.3 is 14.2 Å². The second-order valence-electron chi connectivity index (χ2n) is 5.16. The molecule has 10 heteroatoms. The number of tetrazole rings is 1. The van der Waals surface area contributed by atoms with Gasteiger partial charge in [-0.2, -0.15) is 9.78 Å². The van der Waals surface area contributed by atoms with Crippen LogP contribution in [0, 0.1) is 0 Å². The molecule has 24 heavy (non-hydrogen) atoms. The topological polar surface area (TPSA) is 128 Å². The maximum atomic E-state index is 12.3. The van der Waals surface area contributed by atoms with E-state index in [0.717, 1.165) is 0 Å². The molecule has 0 unspecified atom stereocenters. The van der Waals surface area contributed by atoms with Crippen molar-refractivity contribution in [1.29, 1.82) is 0 Å². The fourth-order valence-corrected chi connectivity index (χ4v) is 2.85. The average molecular weight is 323 g/mol. The molecule has 118 valence electrons. The second kappa shape index (κ2) is 4.65. The summed E-state index contributed by atoms with van der Waals surface area (Å²) in [6, 6.07) is 6.51. The number of hydrogen-bond donors (Lipinski definition) is 2. The molecule has 0 amide bonds. The SMILES string of the molecule is O=c1[nH]nc(-c2ccco2)c2c1Nc1nnnn1[C@H]2c1ccco1. The van der Waals surface area contributed by atoms with Crippen LogP contribution < -0.4 is 10.9 Å². The number of anilines is 2. The van der Waals surface area contributed by atoms with Gasteiger partial charge in [0.1, 0.15) is 23.2 Å². The summed E-state index contributed by atoms with van der Waals surface area (Å²) in [7, 11) is 0. The van der Waals surface area contributed by atoms with E-state index >= 15 is 0 Å². The summed E-state index contributed by atoms with van der Waals surface area (Å²) >= 11 is 0. The van der Waals surface area contributed by atoms with Crippen LogP contribution >= 0.6 is 0 Å². The lowest BCUT2D eigenvalue weighted by atomic mass is 9.98. The Bertz CT molecular complexity index is 1060. The van der Waals surface area contributed by atoms with Gasteiger partial charge in [-0.1, -0.05) is 5.10 Å². The van der Waals surface area contributed by atoms with Gasteiger partial charge in [-0.15, -0.1) is 0 Å². The zero-order valence-electron chi connectivity index (χ0n) is 12.0. The monoisotopic (exact) mass is 323 g/mol. The summed E-state index contributed by atoms with van der Waals surface area (Å²) in [6.07, 6.45) is 3.09. The molecule has 0 aliphatic carbocycles. The Morgan fingerprint density at radius 1 is 1.17 bits per heavy atom. The van der Waals surface area contributed by atoms with Gasteiger partial charge in [-0.3, -0.25) is 4.79 Å². The number of fused-ring (bicyclic) bond motifs is 2. The van der Waals surface area contributed by atoms with Crippen LogP contribution in [0.4, 0.5) is 11.6 Å². The van der Waals surface area contributed by atoms with E-state index in [1.165, 1.54) is 10.9 Å². The van der Waals surface area contributed by atoms with E-state index < -0.39 is 6.04 Å². The van der Waals surface area contributed by atoms with Gasteiger partial charge in [0.2, 0.25) is 5.95 Å². The van der Waals surface area contributed by atoms with Gasteiger partial charge in [0.25, 0.3) is 5.56 Å². The van der Waals surface area contributed by atoms with Crippen molar-refractivity contribution in [3.63, 3.8) is 0 Å². The first-order valence-corrected chi connectivity index (χ1v) is 7.07. The average Bonchev–Trinajstić information content (AvgIpc) is 3.34. The van der Waals surface area contributed by atoms with Gasteiger partial charge in [0, 0.05) is 5.56 Å². The summed E-state index contributed by atoms with van der Waals surface area (Å²) in [6.45, 7) is 0. The number of rotatable bonds is 2. The molecule has 10 nitrogen and oxygen atoms in total. The smallest absolute Gasteiger partial charge is 0.288 e. The largest absolute Gasteiger partial charge is 0.467 e. The Balaban J connectivity index is 1.86. The zero-order valence-corrected chi connectivity index (χ0v) is 12.0. The van der Waals surface area contributed by atoms with Crippen molar-refractivity contribution in [2.24, 2.45) is 0 Å². The van der Waals surface area contributed by atoms with Crippen LogP contribution in [0.5, 0.6) is 0 Å². The molecular formula is C14H9N7O3. The summed E-state index contributed by atoms with van der Waals surface area (Å²) in [4.78, 5) is 12.3. The first-order valence-electron chi connectivity index (χ1n) is 7.07. The van der Waals surface area contributed by atoms with Crippen molar-refractivity contribution >= 4 is 11.6 Å². The van der Waals surface area contributed by atoms with Gasteiger partial charge in [-0.25, -0.2) is 5.10 Å². The van der Waals surface area contributed by atoms with Crippen LogP contribution in [0.3, 0.4) is 0 Å². The lowest BCUT2D eigenvalue weighted by Crippen LogP contribution is -2.28. The lowest BCUT2D eigenvalue weighted by molar-refractivity contribution is 0.434. The quantitative estimate of drug-likeness (QED) is 0.497. The fourth-order valence-electron chi connectivity index (χ4n) is 2.85. The molecule has 2 N–H and O–H groups in total. The third-order valence-corrected chi connectivity index (χ3v) is 3.84. The minimum absolute atomic E-state index is 0.306. The van der Waals surface area contributed by atoms with Crippen LogP contribution in [-0.4, -0.2) is 30.4 Å². The van der Waals surface area contributed by atoms with Crippen LogP contribution in [0.25, 0.3) is 11.5 Å². The molecule has 0 fully saturated rings. The van der Waals surface area contributed by atoms with E-state index in [2.05, 4.69) is 31.0 Å². The normalized spacial score (nSPS) is 15.6. The summed E-state index contributed by atoms with van der Waals surface area (Å²) in [5.74, 6) is 1.43. The molecule has 1 atom stereocenters. The highest BCUT2D eigenvalue weighted by molar-refractivity contribution is 5.72. The minimum atomic E-state index is -0.545. The van der Waals surface area contributed by atoms with Crippen LogP contribution in [0.2, 0.25) is 0 Å². The van der Waals surface area contributed by atoms with Crippen LogP contribution in [0.1, 0.15) is 17.4 Å². The molecule has 5 heterocycles. The van der Waals surface area contributed by atoms with Gasteiger partial charge in [0.05, 0.1) is 12.5 Å². The third-order valence-electron chi connectivity index (χ3n) is 3.84. The molecule has 0 saturated heterocycles. The second-order valence-corrected chi connectivity index (χ2v) is 5.16. The van der Waals surface area contributed by atoms with E-state index in [4.69, 9.17) is 8.83 Å². The Morgan fingerprint density at radius 2 is 2.04 bits per heavy atom. The zero-order chi connectivity index (χ0) is 16.1. The number of hydrogen-bond acceptors (Lipinski definition) is 8. The molecule has 0 spiro atoms. The molecule has 4 aromatic heterocycles. The van der Waals surface area contributed by atoms with Crippen molar-refractivity contribution in [2.75, 3.05) is 5.32 Å². The molecule has 5 rings (SSSR count). The number of nitrogens with zero attached hydrogens (tertiary/aromatic N) is 5. The standard InChI is InChI=1S/C14H9N7O3/c22-13-11-9(10(16-17-13)7-3-1-5-23-7)12(8-4-2-6-24-8)21-14(15-11)18-19-20-21/h1-6,12H,(H,17,22)(H,15,18,20)/t12-/m0/s1. The molecule has 1 aliphatic heterocycles. The van der Waals surface area contributed by atoms with Gasteiger partial charge >= 0.3 is 0 Å². The van der Waals surface area contributed by atoms with Gasteiger partial charge in [0.15, 0.2) is 5.76 Å². The Kier molecular flexibility index (Phi) is 2.48. The van der Waals surface area contributed by atoms with E-state index in [0.29, 0.717) is 34.4 Å². The Labute approximate surface area is 133 Å². The maximum Gasteiger partial charge on any atom is 0.288 e. The first-order chi connectivity index (χ1) is 11.8. The molecule has 0 saturated carbocycles. The maximum absolute atomic E-state index is 12.3. The summed E-state index contributed by atoms with van der Waals surface area (Å²) in [5.41, 5.74) is 0.972. The van der Waals surface area contributed by atoms with Crippen molar-refractivity contribution in [1.82, 2.24) is 30.4 Å². The highest BCUT2D eigenvalue weighted by atomic mass is 16.3. The molecule has 1 aliphatic rings. The molecule has 0 radical (unpaired) electrons. The molecule has 4 aromatic rings. The van der Waals surface area contributed by atoms with E-state index in [9.17, 15) is 4.79 Å². The summed E-state index contributed by atoms with van der Waals surface area (Å²) < 4.78 is 12.5. The number of aromatic amines is 1. The van der Waals surface area contributed by atoms with Crippen molar-refractivity contribution in [3.05, 3.63) is 58.5 Å². The van der Waals surface area contributed by atoms with E-state index in [-0.39, 0.29) is 5.56 Å².